The monoisotopic (exact) mass is 273 g/mol. The molecule has 0 aromatic heterocycles. The molecule has 2 rings (SSSR count). The Morgan fingerprint density at radius 2 is 2.15 bits per heavy atom. The topological polar surface area (TPSA) is 29.5 Å². The van der Waals surface area contributed by atoms with Crippen molar-refractivity contribution in [1.82, 2.24) is 4.90 Å². The number of benzene rings is 1. The Hall–Kier alpha value is -1.61. The van der Waals surface area contributed by atoms with E-state index < -0.39 is 0 Å². The van der Waals surface area contributed by atoms with Gasteiger partial charge >= 0.3 is 0 Å². The second kappa shape index (κ2) is 6.71. The highest BCUT2D eigenvalue weighted by Crippen LogP contribution is 2.32. The van der Waals surface area contributed by atoms with Crippen LogP contribution in [0.1, 0.15) is 31.7 Å². The van der Waals surface area contributed by atoms with E-state index >= 15 is 0 Å². The second-order valence-electron chi connectivity index (χ2n) is 5.37. The van der Waals surface area contributed by atoms with E-state index in [1.807, 2.05) is 24.3 Å². The Labute approximate surface area is 121 Å². The minimum absolute atomic E-state index is 0.114. The lowest BCUT2D eigenvalue weighted by molar-refractivity contribution is -0.119. The molecule has 2 atom stereocenters. The molecule has 1 saturated heterocycles. The fourth-order valence-electron chi connectivity index (χ4n) is 2.85. The van der Waals surface area contributed by atoms with E-state index in [0.29, 0.717) is 6.04 Å². The van der Waals surface area contributed by atoms with E-state index in [0.717, 1.165) is 49.0 Å². The highest BCUT2D eigenvalue weighted by molar-refractivity contribution is 5.66. The first kappa shape index (κ1) is 14.8. The number of nitrogens with zero attached hydrogens (tertiary/aromatic N) is 1. The van der Waals surface area contributed by atoms with Crippen LogP contribution in [0.15, 0.2) is 30.8 Å². The first-order valence-electron chi connectivity index (χ1n) is 7.22. The van der Waals surface area contributed by atoms with Gasteiger partial charge in [0.2, 0.25) is 0 Å². The van der Waals surface area contributed by atoms with Crippen LogP contribution in [0, 0.1) is 0 Å². The molecule has 0 aliphatic carbocycles. The van der Waals surface area contributed by atoms with Gasteiger partial charge in [-0.3, -0.25) is 4.90 Å². The molecule has 0 amide bonds. The molecule has 1 aromatic carbocycles. The van der Waals surface area contributed by atoms with Crippen molar-refractivity contribution >= 4 is 11.9 Å². The maximum Gasteiger partial charge on any atom is 0.137 e. The van der Waals surface area contributed by atoms with Gasteiger partial charge in [0, 0.05) is 6.04 Å². The number of ether oxygens (including phenoxy) is 1. The van der Waals surface area contributed by atoms with Gasteiger partial charge in [0.15, 0.2) is 0 Å². The number of carbonyl (C=O) groups is 1. The summed E-state index contributed by atoms with van der Waals surface area (Å²) in [4.78, 5) is 13.3. The summed E-state index contributed by atoms with van der Waals surface area (Å²) in [5.74, 6) is 0.860. The van der Waals surface area contributed by atoms with Crippen molar-refractivity contribution in [1.29, 1.82) is 0 Å². The molecule has 1 heterocycles. The van der Waals surface area contributed by atoms with E-state index in [2.05, 4.69) is 18.4 Å². The molecule has 0 radical (unpaired) electrons. The number of rotatable bonds is 7. The van der Waals surface area contributed by atoms with Gasteiger partial charge in [0.1, 0.15) is 12.0 Å². The summed E-state index contributed by atoms with van der Waals surface area (Å²) in [6, 6.07) is 8.57. The third-order valence-electron chi connectivity index (χ3n) is 4.03. The van der Waals surface area contributed by atoms with Crippen molar-refractivity contribution in [2.24, 2.45) is 0 Å². The molecule has 1 aromatic rings. The third kappa shape index (κ3) is 3.10. The molecule has 1 fully saturated rings. The van der Waals surface area contributed by atoms with Gasteiger partial charge in [-0.1, -0.05) is 25.6 Å². The van der Waals surface area contributed by atoms with Crippen molar-refractivity contribution in [3.63, 3.8) is 0 Å². The minimum Gasteiger partial charge on any atom is -0.497 e. The summed E-state index contributed by atoms with van der Waals surface area (Å²) in [7, 11) is 1.67. The van der Waals surface area contributed by atoms with Crippen molar-refractivity contribution in [2.45, 2.75) is 38.3 Å². The predicted octanol–water partition coefficient (Wildman–Crippen LogP) is 3.15. The third-order valence-corrected chi connectivity index (χ3v) is 4.03. The van der Waals surface area contributed by atoms with Crippen LogP contribution in [0.5, 0.6) is 5.75 Å². The summed E-state index contributed by atoms with van der Waals surface area (Å²) < 4.78 is 5.16. The van der Waals surface area contributed by atoms with E-state index in [9.17, 15) is 4.79 Å². The predicted molar refractivity (Wildman–Crippen MR) is 81.9 cm³/mol. The largest absolute Gasteiger partial charge is 0.497 e. The minimum atomic E-state index is 0.114. The quantitative estimate of drug-likeness (QED) is 0.715. The first-order valence-corrected chi connectivity index (χ1v) is 7.22. The summed E-state index contributed by atoms with van der Waals surface area (Å²) >= 11 is 0. The molecule has 0 spiro atoms. The average Bonchev–Trinajstić information content (AvgIpc) is 2.48. The van der Waals surface area contributed by atoms with Crippen LogP contribution in [-0.4, -0.2) is 36.9 Å². The molecular weight excluding hydrogens is 250 g/mol. The summed E-state index contributed by atoms with van der Waals surface area (Å²) in [5, 5.41) is 0. The lowest BCUT2D eigenvalue weighted by Gasteiger charge is -2.46. The van der Waals surface area contributed by atoms with Crippen molar-refractivity contribution in [2.75, 3.05) is 13.7 Å². The molecule has 1 aliphatic rings. The van der Waals surface area contributed by atoms with Gasteiger partial charge in [-0.15, -0.1) is 0 Å². The SMILES string of the molecule is C=C(CC1C[C@@H](C=O)N1CCC)c1ccc(OC)cc1. The van der Waals surface area contributed by atoms with Gasteiger partial charge < -0.3 is 9.53 Å². The van der Waals surface area contributed by atoms with E-state index in [-0.39, 0.29) is 6.04 Å². The van der Waals surface area contributed by atoms with Gasteiger partial charge in [-0.25, -0.2) is 0 Å². The number of hydrogen-bond acceptors (Lipinski definition) is 3. The highest BCUT2D eigenvalue weighted by atomic mass is 16.5. The van der Waals surface area contributed by atoms with Crippen LogP contribution in [0.3, 0.4) is 0 Å². The second-order valence-corrected chi connectivity index (χ2v) is 5.37. The molecular formula is C17H23NO2. The van der Waals surface area contributed by atoms with Gasteiger partial charge in [0.25, 0.3) is 0 Å². The molecule has 20 heavy (non-hydrogen) atoms. The zero-order valence-electron chi connectivity index (χ0n) is 12.3. The summed E-state index contributed by atoms with van der Waals surface area (Å²) in [5.41, 5.74) is 2.28. The summed E-state index contributed by atoms with van der Waals surface area (Å²) in [6.45, 7) is 7.33. The lowest BCUT2D eigenvalue weighted by atomic mass is 9.87. The molecule has 3 heteroatoms. The Morgan fingerprint density at radius 3 is 2.70 bits per heavy atom. The van der Waals surface area contributed by atoms with Crippen LogP contribution < -0.4 is 4.74 Å². The van der Waals surface area contributed by atoms with Gasteiger partial charge in [-0.05, 0) is 49.1 Å². The smallest absolute Gasteiger partial charge is 0.137 e. The molecule has 108 valence electrons. The maximum absolute atomic E-state index is 11.0. The Morgan fingerprint density at radius 1 is 1.45 bits per heavy atom. The number of methoxy groups -OCH3 is 1. The molecule has 0 N–H and O–H groups in total. The Balaban J connectivity index is 1.95. The lowest BCUT2D eigenvalue weighted by Crippen LogP contribution is -2.56. The van der Waals surface area contributed by atoms with Crippen LogP contribution in [0.4, 0.5) is 0 Å². The number of carbonyl (C=O) groups excluding carboxylic acids is 1. The van der Waals surface area contributed by atoms with Crippen molar-refractivity contribution < 1.29 is 9.53 Å². The first-order chi connectivity index (χ1) is 9.69. The number of aldehydes is 1. The maximum atomic E-state index is 11.0. The highest BCUT2D eigenvalue weighted by Gasteiger charge is 2.37. The molecule has 0 bridgehead atoms. The normalized spacial score (nSPS) is 22.1. The van der Waals surface area contributed by atoms with Crippen molar-refractivity contribution in [3.05, 3.63) is 36.4 Å². The fourth-order valence-corrected chi connectivity index (χ4v) is 2.85. The van der Waals surface area contributed by atoms with Crippen LogP contribution in [-0.2, 0) is 4.79 Å². The van der Waals surface area contributed by atoms with Crippen LogP contribution >= 0.6 is 0 Å². The van der Waals surface area contributed by atoms with Crippen molar-refractivity contribution in [3.8, 4) is 5.75 Å². The van der Waals surface area contributed by atoms with Crippen LogP contribution in [0.25, 0.3) is 5.57 Å². The fraction of sp³-hybridized carbons (Fsp3) is 0.471. The van der Waals surface area contributed by atoms with Crippen LogP contribution in [0.2, 0.25) is 0 Å². The molecule has 3 nitrogen and oxygen atoms in total. The Kier molecular flexibility index (Phi) is 4.96. The number of hydrogen-bond donors (Lipinski definition) is 0. The van der Waals surface area contributed by atoms with E-state index in [4.69, 9.17) is 4.74 Å². The zero-order valence-corrected chi connectivity index (χ0v) is 12.3. The van der Waals surface area contributed by atoms with E-state index in [1.165, 1.54) is 0 Å². The number of likely N-dealkylation sites (tertiary alicyclic amines) is 1. The zero-order chi connectivity index (χ0) is 14.5. The van der Waals surface area contributed by atoms with Gasteiger partial charge in [-0.2, -0.15) is 0 Å². The van der Waals surface area contributed by atoms with E-state index in [1.54, 1.807) is 7.11 Å². The average molecular weight is 273 g/mol. The molecule has 1 aliphatic heterocycles. The Bertz CT molecular complexity index is 466. The van der Waals surface area contributed by atoms with Gasteiger partial charge in [0.05, 0.1) is 13.2 Å². The standard InChI is InChI=1S/C17H23NO2/c1-4-9-18-15(11-16(18)12-19)10-13(2)14-5-7-17(20-3)8-6-14/h5-8,12,15-16H,2,4,9-11H2,1,3H3/t15?,16-/m0/s1. The molecule has 0 saturated carbocycles. The summed E-state index contributed by atoms with van der Waals surface area (Å²) in [6.07, 6.45) is 4.04. The molecule has 1 unspecified atom stereocenters.